The van der Waals surface area contributed by atoms with E-state index < -0.39 is 30.6 Å². The van der Waals surface area contributed by atoms with Gasteiger partial charge in [-0.2, -0.15) is 0 Å². The molecule has 6 N–H and O–H groups in total. The summed E-state index contributed by atoms with van der Waals surface area (Å²) in [6.07, 6.45) is 0.0131. The molecule has 0 aromatic carbocycles. The van der Waals surface area contributed by atoms with Crippen LogP contribution in [0.2, 0.25) is 0 Å². The van der Waals surface area contributed by atoms with E-state index in [9.17, 15) is 9.59 Å². The molecule has 7 heteroatoms. The van der Waals surface area contributed by atoms with E-state index in [4.69, 9.17) is 21.7 Å². The number of aliphatic hydroxyl groups is 1. The fourth-order valence-electron chi connectivity index (χ4n) is 0.592. The standard InChI is InChI=1S/C7H14N2O5/c8-4(6(11)12)1-2-14-7(13)5(9)3-10/h4-5,10H,1-3,8-9H2,(H,11,12)/t4-,5-/m0/s1. The zero-order valence-electron chi connectivity index (χ0n) is 7.55. The second-order valence-corrected chi connectivity index (χ2v) is 2.69. The van der Waals surface area contributed by atoms with Crippen molar-refractivity contribution >= 4 is 11.9 Å². The molecule has 0 aromatic heterocycles. The van der Waals surface area contributed by atoms with Gasteiger partial charge in [0.2, 0.25) is 0 Å². The zero-order valence-corrected chi connectivity index (χ0v) is 7.55. The fraction of sp³-hybridized carbons (Fsp3) is 0.714. The highest BCUT2D eigenvalue weighted by molar-refractivity contribution is 5.75. The Balaban J connectivity index is 3.64. The van der Waals surface area contributed by atoms with E-state index in [1.54, 1.807) is 0 Å². The highest BCUT2D eigenvalue weighted by Crippen LogP contribution is 1.92. The van der Waals surface area contributed by atoms with E-state index in [2.05, 4.69) is 4.74 Å². The third kappa shape index (κ3) is 4.75. The maximum Gasteiger partial charge on any atom is 0.325 e. The van der Waals surface area contributed by atoms with Crippen LogP contribution in [0.4, 0.5) is 0 Å². The molecular weight excluding hydrogens is 192 g/mol. The van der Waals surface area contributed by atoms with Gasteiger partial charge in [0.05, 0.1) is 13.2 Å². The predicted molar refractivity (Wildman–Crippen MR) is 46.2 cm³/mol. The molecule has 82 valence electrons. The van der Waals surface area contributed by atoms with Crippen LogP contribution in [0.25, 0.3) is 0 Å². The summed E-state index contributed by atoms with van der Waals surface area (Å²) in [7, 11) is 0. The second kappa shape index (κ2) is 6.30. The Kier molecular flexibility index (Phi) is 5.77. The molecule has 0 saturated heterocycles. The van der Waals surface area contributed by atoms with Crippen molar-refractivity contribution in [2.45, 2.75) is 18.5 Å². The van der Waals surface area contributed by atoms with Gasteiger partial charge in [0, 0.05) is 6.42 Å². The molecule has 7 nitrogen and oxygen atoms in total. The van der Waals surface area contributed by atoms with Crippen LogP contribution in [0.1, 0.15) is 6.42 Å². The van der Waals surface area contributed by atoms with E-state index in [1.165, 1.54) is 0 Å². The van der Waals surface area contributed by atoms with Crippen LogP contribution < -0.4 is 11.5 Å². The number of carbonyl (C=O) groups is 2. The van der Waals surface area contributed by atoms with E-state index in [0.29, 0.717) is 0 Å². The molecule has 0 spiro atoms. The van der Waals surface area contributed by atoms with Crippen LogP contribution in [0.3, 0.4) is 0 Å². The van der Waals surface area contributed by atoms with Gasteiger partial charge in [-0.1, -0.05) is 0 Å². The molecule has 14 heavy (non-hydrogen) atoms. The summed E-state index contributed by atoms with van der Waals surface area (Å²) in [5.74, 6) is -1.93. The lowest BCUT2D eigenvalue weighted by Crippen LogP contribution is -2.37. The average Bonchev–Trinajstić information content (AvgIpc) is 2.15. The molecule has 0 aromatic rings. The summed E-state index contributed by atoms with van der Waals surface area (Å²) in [5.41, 5.74) is 10.3. The number of ether oxygens (including phenoxy) is 1. The van der Waals surface area contributed by atoms with E-state index in [-0.39, 0.29) is 13.0 Å². The number of rotatable bonds is 6. The number of carbonyl (C=O) groups excluding carboxylic acids is 1. The van der Waals surface area contributed by atoms with Gasteiger partial charge >= 0.3 is 11.9 Å². The Morgan fingerprint density at radius 2 is 1.86 bits per heavy atom. The van der Waals surface area contributed by atoms with Crippen LogP contribution in [0.5, 0.6) is 0 Å². The molecule has 0 aliphatic heterocycles. The molecule has 0 fully saturated rings. The highest BCUT2D eigenvalue weighted by atomic mass is 16.5. The maximum atomic E-state index is 10.8. The van der Waals surface area contributed by atoms with Crippen LogP contribution in [0.15, 0.2) is 0 Å². The first-order valence-corrected chi connectivity index (χ1v) is 4.00. The lowest BCUT2D eigenvalue weighted by atomic mass is 10.2. The molecule has 0 heterocycles. The molecule has 0 unspecified atom stereocenters. The summed E-state index contributed by atoms with van der Waals surface area (Å²) in [6.45, 7) is -0.635. The largest absolute Gasteiger partial charge is 0.480 e. The Morgan fingerprint density at radius 1 is 1.29 bits per heavy atom. The average molecular weight is 206 g/mol. The molecule has 2 atom stereocenters. The van der Waals surface area contributed by atoms with Crippen LogP contribution in [-0.2, 0) is 14.3 Å². The third-order valence-corrected chi connectivity index (χ3v) is 1.49. The first-order valence-electron chi connectivity index (χ1n) is 4.00. The minimum atomic E-state index is -1.16. The monoisotopic (exact) mass is 206 g/mol. The Labute approximate surface area is 80.6 Å². The maximum absolute atomic E-state index is 10.8. The van der Waals surface area contributed by atoms with Crippen LogP contribution in [-0.4, -0.2) is 47.4 Å². The number of carboxylic acid groups (broad SMARTS) is 1. The van der Waals surface area contributed by atoms with E-state index in [0.717, 1.165) is 0 Å². The topological polar surface area (TPSA) is 136 Å². The minimum absolute atomic E-state index is 0.0131. The number of nitrogens with two attached hydrogens (primary N) is 2. The smallest absolute Gasteiger partial charge is 0.325 e. The summed E-state index contributed by atoms with van der Waals surface area (Å²) in [5, 5.41) is 16.8. The number of aliphatic carboxylic acids is 1. The van der Waals surface area contributed by atoms with Gasteiger partial charge in [0.1, 0.15) is 12.1 Å². The quantitative estimate of drug-likeness (QED) is 0.357. The van der Waals surface area contributed by atoms with Crippen molar-refractivity contribution in [3.8, 4) is 0 Å². The number of carboxylic acids is 1. The van der Waals surface area contributed by atoms with Gasteiger partial charge in [-0.25, -0.2) is 0 Å². The lowest BCUT2D eigenvalue weighted by molar-refractivity contribution is -0.148. The van der Waals surface area contributed by atoms with Crippen molar-refractivity contribution in [3.63, 3.8) is 0 Å². The number of aliphatic hydroxyl groups excluding tert-OH is 1. The minimum Gasteiger partial charge on any atom is -0.480 e. The molecule has 0 saturated carbocycles. The van der Waals surface area contributed by atoms with Gasteiger partial charge in [-0.05, 0) is 0 Å². The van der Waals surface area contributed by atoms with Gasteiger partial charge in [-0.3, -0.25) is 9.59 Å². The van der Waals surface area contributed by atoms with Crippen molar-refractivity contribution in [2.24, 2.45) is 11.5 Å². The third-order valence-electron chi connectivity index (χ3n) is 1.49. The Hall–Kier alpha value is -1.18. The molecule has 0 radical (unpaired) electrons. The summed E-state index contributed by atoms with van der Waals surface area (Å²) >= 11 is 0. The molecular formula is C7H14N2O5. The predicted octanol–water partition coefficient (Wildman–Crippen LogP) is -2.35. The molecule has 0 rings (SSSR count). The Bertz CT molecular complexity index is 208. The van der Waals surface area contributed by atoms with Crippen molar-refractivity contribution < 1.29 is 24.5 Å². The zero-order chi connectivity index (χ0) is 11.1. The van der Waals surface area contributed by atoms with Crippen molar-refractivity contribution in [2.75, 3.05) is 13.2 Å². The van der Waals surface area contributed by atoms with Gasteiger partial charge in [0.25, 0.3) is 0 Å². The van der Waals surface area contributed by atoms with Gasteiger partial charge in [-0.15, -0.1) is 0 Å². The number of hydrogen-bond acceptors (Lipinski definition) is 6. The van der Waals surface area contributed by atoms with Crippen LogP contribution in [0, 0.1) is 0 Å². The van der Waals surface area contributed by atoms with E-state index in [1.807, 2.05) is 0 Å². The Morgan fingerprint density at radius 3 is 2.29 bits per heavy atom. The van der Waals surface area contributed by atoms with E-state index >= 15 is 0 Å². The van der Waals surface area contributed by atoms with Gasteiger partial charge < -0.3 is 26.4 Å². The normalized spacial score (nSPS) is 14.5. The SMILES string of the molecule is N[C@@H](CCOC(=O)[C@@H](N)CO)C(=O)O. The molecule has 0 bridgehead atoms. The number of esters is 1. The van der Waals surface area contributed by atoms with Crippen molar-refractivity contribution in [1.29, 1.82) is 0 Å². The molecule has 0 aliphatic rings. The molecule has 0 aliphatic carbocycles. The number of hydrogen-bond donors (Lipinski definition) is 4. The van der Waals surface area contributed by atoms with Crippen LogP contribution >= 0.6 is 0 Å². The summed E-state index contributed by atoms with van der Waals surface area (Å²) in [6, 6.07) is -2.15. The summed E-state index contributed by atoms with van der Waals surface area (Å²) in [4.78, 5) is 21.1. The second-order valence-electron chi connectivity index (χ2n) is 2.69. The first-order chi connectivity index (χ1) is 6.49. The summed E-state index contributed by atoms with van der Waals surface area (Å²) < 4.78 is 4.55. The van der Waals surface area contributed by atoms with Crippen molar-refractivity contribution in [1.82, 2.24) is 0 Å². The van der Waals surface area contributed by atoms with Gasteiger partial charge in [0.15, 0.2) is 0 Å². The highest BCUT2D eigenvalue weighted by Gasteiger charge is 2.15. The van der Waals surface area contributed by atoms with Crippen molar-refractivity contribution in [3.05, 3.63) is 0 Å². The lowest BCUT2D eigenvalue weighted by Gasteiger charge is -2.10. The fourth-order valence-corrected chi connectivity index (χ4v) is 0.592. The first kappa shape index (κ1) is 12.8. The molecule has 0 amide bonds.